The molecule has 0 aliphatic carbocycles. The van der Waals surface area contributed by atoms with Gasteiger partial charge >= 0.3 is 6.18 Å². The van der Waals surface area contributed by atoms with Gasteiger partial charge < -0.3 is 10.5 Å². The number of nitrogens with two attached hydrogens (primary N) is 1. The highest BCUT2D eigenvalue weighted by Gasteiger charge is 2.30. The van der Waals surface area contributed by atoms with Crippen molar-refractivity contribution in [2.75, 3.05) is 13.2 Å². The second kappa shape index (κ2) is 6.75. The highest BCUT2D eigenvalue weighted by Crippen LogP contribution is 2.30. The standard InChI is InChI=1S/C13H18F3NO/c1-2-7-18-8-6-12(17)10-4-3-5-11(9-10)13(14,15)16/h3-5,9,12H,2,6-8,17H2,1H3. The van der Waals surface area contributed by atoms with Gasteiger partial charge in [-0.15, -0.1) is 0 Å². The fraction of sp³-hybridized carbons (Fsp3) is 0.538. The Balaban J connectivity index is 2.60. The molecule has 1 rings (SSSR count). The first-order valence-corrected chi connectivity index (χ1v) is 5.95. The van der Waals surface area contributed by atoms with Crippen LogP contribution in [0.15, 0.2) is 24.3 Å². The summed E-state index contributed by atoms with van der Waals surface area (Å²) in [4.78, 5) is 0. The van der Waals surface area contributed by atoms with Crippen LogP contribution in [0.5, 0.6) is 0 Å². The SMILES string of the molecule is CCCOCCC(N)c1cccc(C(F)(F)F)c1. The fourth-order valence-corrected chi connectivity index (χ4v) is 1.57. The first kappa shape index (κ1) is 15.0. The van der Waals surface area contributed by atoms with Crippen LogP contribution in [0.2, 0.25) is 0 Å². The Morgan fingerprint density at radius 2 is 2.00 bits per heavy atom. The van der Waals surface area contributed by atoms with E-state index in [-0.39, 0.29) is 0 Å². The summed E-state index contributed by atoms with van der Waals surface area (Å²) in [5.74, 6) is 0. The topological polar surface area (TPSA) is 35.2 Å². The van der Waals surface area contributed by atoms with Crippen LogP contribution in [0, 0.1) is 0 Å². The van der Waals surface area contributed by atoms with Gasteiger partial charge in [-0.1, -0.05) is 19.1 Å². The van der Waals surface area contributed by atoms with Crippen molar-refractivity contribution in [2.24, 2.45) is 5.73 Å². The highest BCUT2D eigenvalue weighted by molar-refractivity contribution is 5.27. The molecule has 0 saturated carbocycles. The summed E-state index contributed by atoms with van der Waals surface area (Å²) in [5, 5.41) is 0. The van der Waals surface area contributed by atoms with Gasteiger partial charge in [0.05, 0.1) is 5.56 Å². The Labute approximate surface area is 105 Å². The number of benzene rings is 1. The van der Waals surface area contributed by atoms with Crippen LogP contribution in [0.1, 0.15) is 36.9 Å². The third-order valence-corrected chi connectivity index (χ3v) is 2.56. The molecule has 0 radical (unpaired) electrons. The Kier molecular flexibility index (Phi) is 5.62. The predicted octanol–water partition coefficient (Wildman–Crippen LogP) is 3.52. The second-order valence-electron chi connectivity index (χ2n) is 4.13. The maximum Gasteiger partial charge on any atom is 0.416 e. The molecule has 0 heterocycles. The smallest absolute Gasteiger partial charge is 0.381 e. The monoisotopic (exact) mass is 261 g/mol. The lowest BCUT2D eigenvalue weighted by molar-refractivity contribution is -0.137. The van der Waals surface area contributed by atoms with E-state index in [4.69, 9.17) is 10.5 Å². The van der Waals surface area contributed by atoms with Crippen LogP contribution in [0.25, 0.3) is 0 Å². The number of hydrogen-bond acceptors (Lipinski definition) is 2. The van der Waals surface area contributed by atoms with Gasteiger partial charge in [0.2, 0.25) is 0 Å². The average molecular weight is 261 g/mol. The molecular weight excluding hydrogens is 243 g/mol. The lowest BCUT2D eigenvalue weighted by atomic mass is 10.0. The summed E-state index contributed by atoms with van der Waals surface area (Å²) in [6.45, 7) is 3.10. The Hall–Kier alpha value is -1.07. The normalized spacial score (nSPS) is 13.6. The third-order valence-electron chi connectivity index (χ3n) is 2.56. The maximum absolute atomic E-state index is 12.5. The molecule has 0 amide bonds. The number of halogens is 3. The molecule has 0 aliphatic rings. The minimum Gasteiger partial charge on any atom is -0.381 e. The van der Waals surface area contributed by atoms with Gasteiger partial charge in [0.1, 0.15) is 0 Å². The minimum absolute atomic E-state index is 0.427. The van der Waals surface area contributed by atoms with Crippen molar-refractivity contribution >= 4 is 0 Å². The lowest BCUT2D eigenvalue weighted by Crippen LogP contribution is -2.15. The van der Waals surface area contributed by atoms with Crippen molar-refractivity contribution in [3.8, 4) is 0 Å². The van der Waals surface area contributed by atoms with Crippen molar-refractivity contribution in [1.82, 2.24) is 0 Å². The Morgan fingerprint density at radius 1 is 1.28 bits per heavy atom. The van der Waals surface area contributed by atoms with Crippen LogP contribution in [0.3, 0.4) is 0 Å². The molecule has 0 aromatic heterocycles. The summed E-state index contributed by atoms with van der Waals surface area (Å²) in [7, 11) is 0. The molecule has 18 heavy (non-hydrogen) atoms. The van der Waals surface area contributed by atoms with E-state index in [1.165, 1.54) is 6.07 Å². The lowest BCUT2D eigenvalue weighted by Gasteiger charge is -2.14. The second-order valence-corrected chi connectivity index (χ2v) is 4.13. The average Bonchev–Trinajstić information content (AvgIpc) is 2.33. The van der Waals surface area contributed by atoms with Crippen LogP contribution in [-0.4, -0.2) is 13.2 Å². The van der Waals surface area contributed by atoms with Crippen LogP contribution < -0.4 is 5.73 Å². The molecule has 1 aromatic carbocycles. The molecule has 0 spiro atoms. The summed E-state index contributed by atoms with van der Waals surface area (Å²) in [6, 6.07) is 4.71. The van der Waals surface area contributed by atoms with E-state index in [2.05, 4.69) is 0 Å². The molecule has 1 aromatic rings. The first-order valence-electron chi connectivity index (χ1n) is 5.95. The van der Waals surface area contributed by atoms with E-state index < -0.39 is 17.8 Å². The Morgan fingerprint density at radius 3 is 2.61 bits per heavy atom. The van der Waals surface area contributed by atoms with E-state index in [1.807, 2.05) is 6.92 Å². The molecule has 5 heteroatoms. The van der Waals surface area contributed by atoms with Gasteiger partial charge in [0.15, 0.2) is 0 Å². The van der Waals surface area contributed by atoms with Gasteiger partial charge in [-0.3, -0.25) is 0 Å². The molecule has 0 aliphatic heterocycles. The van der Waals surface area contributed by atoms with Crippen molar-refractivity contribution in [2.45, 2.75) is 32.0 Å². The first-order chi connectivity index (χ1) is 8.45. The molecule has 102 valence electrons. The maximum atomic E-state index is 12.5. The van der Waals surface area contributed by atoms with E-state index >= 15 is 0 Å². The molecule has 2 nitrogen and oxygen atoms in total. The third kappa shape index (κ3) is 4.66. The molecular formula is C13H18F3NO. The van der Waals surface area contributed by atoms with Crippen molar-refractivity contribution in [1.29, 1.82) is 0 Å². The van der Waals surface area contributed by atoms with Crippen molar-refractivity contribution in [3.63, 3.8) is 0 Å². The molecule has 0 fully saturated rings. The van der Waals surface area contributed by atoms with Crippen molar-refractivity contribution < 1.29 is 17.9 Å². The zero-order valence-electron chi connectivity index (χ0n) is 10.3. The summed E-state index contributed by atoms with van der Waals surface area (Å²) < 4.78 is 42.8. The zero-order chi connectivity index (χ0) is 13.6. The van der Waals surface area contributed by atoms with E-state index in [0.29, 0.717) is 25.2 Å². The van der Waals surface area contributed by atoms with Gasteiger partial charge in [-0.2, -0.15) is 13.2 Å². The Bertz CT molecular complexity index is 365. The number of ether oxygens (including phenoxy) is 1. The minimum atomic E-state index is -4.32. The molecule has 0 bridgehead atoms. The summed E-state index contributed by atoms with van der Waals surface area (Å²) >= 11 is 0. The van der Waals surface area contributed by atoms with Gasteiger partial charge in [0.25, 0.3) is 0 Å². The van der Waals surface area contributed by atoms with E-state index in [9.17, 15) is 13.2 Å². The predicted molar refractivity (Wildman–Crippen MR) is 64.1 cm³/mol. The van der Waals surface area contributed by atoms with Crippen LogP contribution in [-0.2, 0) is 10.9 Å². The quantitative estimate of drug-likeness (QED) is 0.795. The summed E-state index contributed by atoms with van der Waals surface area (Å²) in [5.41, 5.74) is 5.67. The van der Waals surface area contributed by atoms with Crippen LogP contribution in [0.4, 0.5) is 13.2 Å². The number of alkyl halides is 3. The number of hydrogen-bond donors (Lipinski definition) is 1. The number of rotatable bonds is 6. The molecule has 0 saturated heterocycles. The van der Waals surface area contributed by atoms with Gasteiger partial charge in [-0.05, 0) is 30.5 Å². The van der Waals surface area contributed by atoms with Crippen molar-refractivity contribution in [3.05, 3.63) is 35.4 Å². The van der Waals surface area contributed by atoms with E-state index in [0.717, 1.165) is 18.6 Å². The van der Waals surface area contributed by atoms with Gasteiger partial charge in [-0.25, -0.2) is 0 Å². The molecule has 1 atom stereocenters. The fourth-order valence-electron chi connectivity index (χ4n) is 1.57. The zero-order valence-corrected chi connectivity index (χ0v) is 10.3. The highest BCUT2D eigenvalue weighted by atomic mass is 19.4. The largest absolute Gasteiger partial charge is 0.416 e. The molecule has 1 unspecified atom stereocenters. The van der Waals surface area contributed by atoms with Crippen LogP contribution >= 0.6 is 0 Å². The summed E-state index contributed by atoms with van der Waals surface area (Å²) in [6.07, 6.45) is -2.89. The van der Waals surface area contributed by atoms with Gasteiger partial charge in [0, 0.05) is 19.3 Å². The van der Waals surface area contributed by atoms with E-state index in [1.54, 1.807) is 6.07 Å². The molecule has 2 N–H and O–H groups in total.